The summed E-state index contributed by atoms with van der Waals surface area (Å²) in [5, 5.41) is 3.32. The van der Waals surface area contributed by atoms with Crippen molar-refractivity contribution in [3.8, 4) is 0 Å². The second-order valence-corrected chi connectivity index (χ2v) is 7.94. The van der Waals surface area contributed by atoms with Crippen LogP contribution in [-0.2, 0) is 14.3 Å². The molecule has 27 heavy (non-hydrogen) atoms. The number of ether oxygens (including phenoxy) is 1. The van der Waals surface area contributed by atoms with Gasteiger partial charge in [0.2, 0.25) is 11.8 Å². The molecule has 1 N–H and O–H groups in total. The summed E-state index contributed by atoms with van der Waals surface area (Å²) < 4.78 is 5.50. The summed E-state index contributed by atoms with van der Waals surface area (Å²) in [6, 6.07) is 0. The second-order valence-electron chi connectivity index (χ2n) is 7.94. The summed E-state index contributed by atoms with van der Waals surface area (Å²) in [6.07, 6.45) is 1.17. The minimum atomic E-state index is -0.537. The van der Waals surface area contributed by atoms with Gasteiger partial charge in [0.05, 0.1) is 0 Å². The molecule has 156 valence electrons. The maximum atomic E-state index is 12.4. The predicted molar refractivity (Wildman–Crippen MR) is 104 cm³/mol. The predicted octanol–water partition coefficient (Wildman–Crippen LogP) is 1.30. The van der Waals surface area contributed by atoms with Crippen LogP contribution < -0.4 is 5.32 Å². The molecular formula is C19H36N4O4. The Balaban J connectivity index is 2.74. The van der Waals surface area contributed by atoms with E-state index in [1.807, 2.05) is 20.8 Å². The molecule has 0 atom stereocenters. The number of rotatable bonds is 0. The van der Waals surface area contributed by atoms with Crippen LogP contribution in [0, 0.1) is 0 Å². The number of carbonyl (C=O) groups is 3. The highest BCUT2D eigenvalue weighted by Gasteiger charge is 2.22. The average Bonchev–Trinajstić information content (AvgIpc) is 2.54. The molecular weight excluding hydrogens is 348 g/mol. The molecule has 0 saturated carbocycles. The van der Waals surface area contributed by atoms with Crippen LogP contribution in [0.5, 0.6) is 0 Å². The number of hydrogen-bond donors (Lipinski definition) is 1. The first-order chi connectivity index (χ1) is 12.6. The molecule has 8 heteroatoms. The van der Waals surface area contributed by atoms with E-state index in [9.17, 15) is 14.4 Å². The van der Waals surface area contributed by atoms with Gasteiger partial charge in [-0.1, -0.05) is 0 Å². The Labute approximate surface area is 163 Å². The molecule has 0 unspecified atom stereocenters. The monoisotopic (exact) mass is 384 g/mol. The van der Waals surface area contributed by atoms with Gasteiger partial charge in [0.15, 0.2) is 0 Å². The number of hydrogen-bond acceptors (Lipinski definition) is 5. The lowest BCUT2D eigenvalue weighted by Gasteiger charge is -2.30. The van der Waals surface area contributed by atoms with Crippen LogP contribution in [0.1, 0.15) is 47.5 Å². The van der Waals surface area contributed by atoms with E-state index in [1.54, 1.807) is 21.6 Å². The van der Waals surface area contributed by atoms with E-state index < -0.39 is 5.60 Å². The summed E-state index contributed by atoms with van der Waals surface area (Å²) in [4.78, 5) is 41.4. The Morgan fingerprint density at radius 1 is 0.741 bits per heavy atom. The van der Waals surface area contributed by atoms with Gasteiger partial charge < -0.3 is 24.8 Å². The van der Waals surface area contributed by atoms with Crippen LogP contribution in [-0.4, -0.2) is 90.6 Å². The van der Waals surface area contributed by atoms with Crippen molar-refractivity contribution in [3.05, 3.63) is 0 Å². The molecule has 0 aromatic carbocycles. The molecule has 0 aromatic rings. The lowest BCUT2D eigenvalue weighted by Crippen LogP contribution is -2.44. The van der Waals surface area contributed by atoms with Crippen molar-refractivity contribution in [1.82, 2.24) is 20.0 Å². The quantitative estimate of drug-likeness (QED) is 0.681. The van der Waals surface area contributed by atoms with Gasteiger partial charge in [0, 0.05) is 59.7 Å². The van der Waals surface area contributed by atoms with Gasteiger partial charge >= 0.3 is 6.09 Å². The lowest BCUT2D eigenvalue weighted by atomic mass is 10.2. The molecule has 0 spiro atoms. The second kappa shape index (κ2) is 11.1. The summed E-state index contributed by atoms with van der Waals surface area (Å²) in [7, 11) is 0. The molecule has 1 aliphatic heterocycles. The fourth-order valence-corrected chi connectivity index (χ4v) is 2.90. The Hall–Kier alpha value is -1.83. The van der Waals surface area contributed by atoms with Crippen molar-refractivity contribution in [2.75, 3.05) is 52.4 Å². The first-order valence-electron chi connectivity index (χ1n) is 9.80. The molecule has 0 aromatic heterocycles. The Kier molecular flexibility index (Phi) is 9.55. The van der Waals surface area contributed by atoms with E-state index >= 15 is 0 Å². The van der Waals surface area contributed by atoms with E-state index in [0.29, 0.717) is 52.2 Å². The first kappa shape index (κ1) is 23.2. The van der Waals surface area contributed by atoms with Gasteiger partial charge in [-0.3, -0.25) is 9.59 Å². The average molecular weight is 385 g/mol. The summed E-state index contributed by atoms with van der Waals surface area (Å²) in [5.41, 5.74) is -0.537. The van der Waals surface area contributed by atoms with Crippen molar-refractivity contribution < 1.29 is 19.1 Å². The van der Waals surface area contributed by atoms with E-state index in [-0.39, 0.29) is 17.9 Å². The molecule has 1 heterocycles. The molecule has 0 bridgehead atoms. The third-order valence-electron chi connectivity index (χ3n) is 4.38. The molecule has 8 nitrogen and oxygen atoms in total. The molecule has 0 aliphatic carbocycles. The summed E-state index contributed by atoms with van der Waals surface area (Å²) >= 11 is 0. The zero-order chi connectivity index (χ0) is 20.4. The summed E-state index contributed by atoms with van der Waals surface area (Å²) in [5.74, 6) is 0.0118. The zero-order valence-electron chi connectivity index (χ0n) is 17.5. The van der Waals surface area contributed by atoms with Crippen molar-refractivity contribution in [1.29, 1.82) is 0 Å². The molecule has 1 aliphatic rings. The van der Waals surface area contributed by atoms with E-state index in [2.05, 4.69) is 5.32 Å². The molecule has 1 saturated heterocycles. The third-order valence-corrected chi connectivity index (χ3v) is 4.38. The van der Waals surface area contributed by atoms with E-state index in [0.717, 1.165) is 13.0 Å². The third kappa shape index (κ3) is 9.60. The first-order valence-corrected chi connectivity index (χ1v) is 9.80. The van der Waals surface area contributed by atoms with Crippen molar-refractivity contribution in [2.45, 2.75) is 53.1 Å². The number of carbonyl (C=O) groups excluding carboxylic acids is 3. The van der Waals surface area contributed by atoms with Gasteiger partial charge in [-0.25, -0.2) is 4.79 Å². The minimum Gasteiger partial charge on any atom is -0.444 e. The Morgan fingerprint density at radius 3 is 1.78 bits per heavy atom. The fraction of sp³-hybridized carbons (Fsp3) is 0.842. The van der Waals surface area contributed by atoms with Gasteiger partial charge in [-0.15, -0.1) is 0 Å². The van der Waals surface area contributed by atoms with Gasteiger partial charge in [-0.2, -0.15) is 0 Å². The molecule has 1 rings (SSSR count). The van der Waals surface area contributed by atoms with Gasteiger partial charge in [0.1, 0.15) is 5.60 Å². The topological polar surface area (TPSA) is 82.2 Å². The molecule has 0 radical (unpaired) electrons. The number of nitrogens with zero attached hydrogens (tertiary/aromatic N) is 3. The number of nitrogens with one attached hydrogen (secondary N) is 1. The van der Waals surface area contributed by atoms with Crippen LogP contribution in [0.4, 0.5) is 4.79 Å². The van der Waals surface area contributed by atoms with Crippen LogP contribution in [0.15, 0.2) is 0 Å². The lowest BCUT2D eigenvalue weighted by molar-refractivity contribution is -0.133. The van der Waals surface area contributed by atoms with Crippen LogP contribution in [0.2, 0.25) is 0 Å². The highest BCUT2D eigenvalue weighted by Crippen LogP contribution is 2.10. The van der Waals surface area contributed by atoms with Crippen molar-refractivity contribution in [2.24, 2.45) is 0 Å². The van der Waals surface area contributed by atoms with Gasteiger partial charge in [0.25, 0.3) is 0 Å². The summed E-state index contributed by atoms with van der Waals surface area (Å²) in [6.45, 7) is 13.4. The number of amides is 3. The molecule has 3 amide bonds. The van der Waals surface area contributed by atoms with Crippen LogP contribution >= 0.6 is 0 Å². The van der Waals surface area contributed by atoms with Crippen molar-refractivity contribution >= 4 is 17.9 Å². The highest BCUT2D eigenvalue weighted by molar-refractivity contribution is 5.74. The minimum absolute atomic E-state index is 0.0175. The largest absolute Gasteiger partial charge is 0.444 e. The zero-order valence-corrected chi connectivity index (χ0v) is 17.5. The van der Waals surface area contributed by atoms with Gasteiger partial charge in [-0.05, 0) is 40.2 Å². The normalized spacial score (nSPS) is 18.6. The van der Waals surface area contributed by atoms with E-state index in [1.165, 1.54) is 6.92 Å². The van der Waals surface area contributed by atoms with Crippen LogP contribution in [0.25, 0.3) is 0 Å². The Bertz CT molecular complexity index is 504. The van der Waals surface area contributed by atoms with Crippen molar-refractivity contribution in [3.63, 3.8) is 0 Å². The maximum Gasteiger partial charge on any atom is 0.410 e. The maximum absolute atomic E-state index is 12.4. The fourth-order valence-electron chi connectivity index (χ4n) is 2.90. The van der Waals surface area contributed by atoms with E-state index in [4.69, 9.17) is 4.74 Å². The molecule has 1 fully saturated rings. The highest BCUT2D eigenvalue weighted by atomic mass is 16.6. The van der Waals surface area contributed by atoms with Crippen LogP contribution in [0.3, 0.4) is 0 Å². The smallest absolute Gasteiger partial charge is 0.410 e. The Morgan fingerprint density at radius 2 is 1.26 bits per heavy atom. The SMILES string of the molecule is CC(=O)N1CCCNCCN(C(=O)OC(C)(C)C)CCCN(C(C)=O)CC1. The standard InChI is InChI=1S/C19H36N4O4/c1-16(24)21-10-6-8-20-9-13-23(18(26)27-19(3,4)5)12-7-11-22(15-14-21)17(2)25/h20H,6-15H2,1-5H3.